The van der Waals surface area contributed by atoms with Crippen molar-refractivity contribution in [3.8, 4) is 11.1 Å². The molecule has 2 aromatic rings. The number of amides is 2. The predicted octanol–water partition coefficient (Wildman–Crippen LogP) is 3.02. The maximum absolute atomic E-state index is 13.3. The van der Waals surface area contributed by atoms with Gasteiger partial charge in [-0.3, -0.25) is 9.59 Å². The van der Waals surface area contributed by atoms with Crippen molar-refractivity contribution >= 4 is 18.0 Å². The van der Waals surface area contributed by atoms with Crippen LogP contribution >= 0.6 is 0 Å². The molecule has 8 heteroatoms. The minimum atomic E-state index is -0.828. The average molecular weight is 480 g/mol. The number of alkyl carbamates (subject to hydrolysis) is 1. The fraction of sp³-hybridized carbons (Fsp3) is 0.444. The van der Waals surface area contributed by atoms with Crippen molar-refractivity contribution < 1.29 is 24.2 Å². The highest BCUT2D eigenvalue weighted by molar-refractivity contribution is 5.86. The second-order valence-electron chi connectivity index (χ2n) is 9.78. The first-order chi connectivity index (χ1) is 16.8. The van der Waals surface area contributed by atoms with E-state index < -0.39 is 24.0 Å². The normalized spacial score (nSPS) is 20.2. The van der Waals surface area contributed by atoms with Crippen molar-refractivity contribution in [2.45, 2.75) is 25.3 Å². The van der Waals surface area contributed by atoms with Crippen molar-refractivity contribution in [1.29, 1.82) is 0 Å². The van der Waals surface area contributed by atoms with Crippen LogP contribution in [0.3, 0.4) is 0 Å². The molecule has 0 radical (unpaired) electrons. The van der Waals surface area contributed by atoms with Crippen molar-refractivity contribution in [3.05, 3.63) is 59.7 Å². The molecule has 2 amide bonds. The van der Waals surface area contributed by atoms with E-state index in [0.717, 1.165) is 22.3 Å². The number of likely N-dealkylation sites (tertiary alicyclic amines) is 1. The maximum atomic E-state index is 13.3. The zero-order valence-corrected chi connectivity index (χ0v) is 20.4. The van der Waals surface area contributed by atoms with Gasteiger partial charge in [0.15, 0.2) is 0 Å². The summed E-state index contributed by atoms with van der Waals surface area (Å²) in [5.41, 5.74) is 4.55. The van der Waals surface area contributed by atoms with Crippen molar-refractivity contribution in [1.82, 2.24) is 15.1 Å². The van der Waals surface area contributed by atoms with Crippen LogP contribution in [0.1, 0.15) is 30.4 Å². The number of carbonyl (C=O) groups is 3. The standard InChI is InChI=1S/C27H33N3O5/c1-17-14-30(13-12-18(17)26(32)33)25(31)24(15-29(2)3)28-27(34)35-16-23-21-10-6-4-8-19(21)20-9-5-7-11-22(20)23/h4-11,17-18,23-24H,12-16H2,1-3H3,(H,28,34)(H,32,33)/t17?,18?,24-/m0/s1. The second-order valence-corrected chi connectivity index (χ2v) is 9.78. The molecule has 0 aromatic heterocycles. The molecule has 1 saturated heterocycles. The number of benzene rings is 2. The van der Waals surface area contributed by atoms with Crippen LogP contribution < -0.4 is 5.32 Å². The van der Waals surface area contributed by atoms with Gasteiger partial charge in [-0.1, -0.05) is 55.5 Å². The van der Waals surface area contributed by atoms with Gasteiger partial charge in [-0.15, -0.1) is 0 Å². The van der Waals surface area contributed by atoms with Crippen LogP contribution in [0.25, 0.3) is 11.1 Å². The summed E-state index contributed by atoms with van der Waals surface area (Å²) in [6, 6.07) is 15.5. The molecule has 0 spiro atoms. The lowest BCUT2D eigenvalue weighted by Gasteiger charge is -2.37. The van der Waals surface area contributed by atoms with Crippen LogP contribution in [0.15, 0.2) is 48.5 Å². The van der Waals surface area contributed by atoms with E-state index in [-0.39, 0.29) is 24.3 Å². The molecule has 1 aliphatic heterocycles. The Morgan fingerprint density at radius 3 is 2.23 bits per heavy atom. The number of nitrogens with zero attached hydrogens (tertiary/aromatic N) is 2. The molecule has 0 bridgehead atoms. The molecular formula is C27H33N3O5. The second kappa shape index (κ2) is 10.5. The lowest BCUT2D eigenvalue weighted by molar-refractivity contribution is -0.148. The lowest BCUT2D eigenvalue weighted by atomic mass is 9.87. The highest BCUT2D eigenvalue weighted by Crippen LogP contribution is 2.44. The quantitative estimate of drug-likeness (QED) is 0.633. The minimum absolute atomic E-state index is 0.0629. The van der Waals surface area contributed by atoms with Crippen molar-refractivity contribution in [2.24, 2.45) is 11.8 Å². The summed E-state index contributed by atoms with van der Waals surface area (Å²) >= 11 is 0. The van der Waals surface area contributed by atoms with E-state index in [1.807, 2.05) is 50.2 Å². The van der Waals surface area contributed by atoms with Crippen LogP contribution in [0.4, 0.5) is 4.79 Å². The average Bonchev–Trinajstić information content (AvgIpc) is 3.15. The minimum Gasteiger partial charge on any atom is -0.481 e. The van der Waals surface area contributed by atoms with Gasteiger partial charge >= 0.3 is 12.1 Å². The number of hydrogen-bond donors (Lipinski definition) is 2. The van der Waals surface area contributed by atoms with E-state index in [1.165, 1.54) is 0 Å². The molecule has 2 N–H and O–H groups in total. The highest BCUT2D eigenvalue weighted by atomic mass is 16.5. The van der Waals surface area contributed by atoms with Gasteiger partial charge in [0, 0.05) is 25.6 Å². The SMILES string of the molecule is CC1CN(C(=O)[C@H](CN(C)C)NC(=O)OCC2c3ccccc3-c3ccccc32)CCC1C(=O)O. The molecule has 8 nitrogen and oxygen atoms in total. The van der Waals surface area contributed by atoms with E-state index in [9.17, 15) is 19.5 Å². The Kier molecular flexibility index (Phi) is 7.40. The Morgan fingerprint density at radius 2 is 1.69 bits per heavy atom. The molecule has 0 saturated carbocycles. The molecule has 1 aliphatic carbocycles. The number of likely N-dealkylation sites (N-methyl/N-ethyl adjacent to an activating group) is 1. The summed E-state index contributed by atoms with van der Waals surface area (Å²) < 4.78 is 5.64. The molecule has 3 atom stereocenters. The molecule has 2 unspecified atom stereocenters. The number of fused-ring (bicyclic) bond motifs is 3. The largest absolute Gasteiger partial charge is 0.481 e. The number of carboxylic acids is 1. The number of ether oxygens (including phenoxy) is 1. The van der Waals surface area contributed by atoms with Gasteiger partial charge in [0.1, 0.15) is 12.6 Å². The Balaban J connectivity index is 1.41. The van der Waals surface area contributed by atoms with E-state index in [4.69, 9.17) is 4.74 Å². The number of carboxylic acid groups (broad SMARTS) is 1. The Labute approximate surface area is 205 Å². The third kappa shape index (κ3) is 5.32. The van der Waals surface area contributed by atoms with Crippen LogP contribution in [-0.2, 0) is 14.3 Å². The molecule has 2 aliphatic rings. The molecule has 35 heavy (non-hydrogen) atoms. The number of piperidine rings is 1. The monoisotopic (exact) mass is 479 g/mol. The molecule has 1 heterocycles. The predicted molar refractivity (Wildman–Crippen MR) is 132 cm³/mol. The molecular weight excluding hydrogens is 446 g/mol. The van der Waals surface area contributed by atoms with Gasteiger partial charge in [0.25, 0.3) is 0 Å². The van der Waals surface area contributed by atoms with Crippen molar-refractivity contribution in [3.63, 3.8) is 0 Å². The zero-order valence-electron chi connectivity index (χ0n) is 20.4. The summed E-state index contributed by atoms with van der Waals surface area (Å²) in [5.74, 6) is -1.72. The summed E-state index contributed by atoms with van der Waals surface area (Å²) in [6.45, 7) is 3.04. The fourth-order valence-electron chi connectivity index (χ4n) is 5.27. The van der Waals surface area contributed by atoms with Gasteiger partial charge in [0.2, 0.25) is 5.91 Å². The molecule has 186 valence electrons. The van der Waals surface area contributed by atoms with Gasteiger partial charge in [-0.25, -0.2) is 4.79 Å². The highest BCUT2D eigenvalue weighted by Gasteiger charge is 2.36. The molecule has 4 rings (SSSR count). The van der Waals surface area contributed by atoms with Crippen molar-refractivity contribution in [2.75, 3.05) is 40.3 Å². The number of hydrogen-bond acceptors (Lipinski definition) is 5. The first-order valence-electron chi connectivity index (χ1n) is 12.0. The Hall–Kier alpha value is -3.39. The Morgan fingerprint density at radius 1 is 1.09 bits per heavy atom. The first kappa shape index (κ1) is 24.7. The fourth-order valence-corrected chi connectivity index (χ4v) is 5.27. The number of carbonyl (C=O) groups excluding carboxylic acids is 2. The Bertz CT molecular complexity index is 1060. The topological polar surface area (TPSA) is 99.2 Å². The van der Waals surface area contributed by atoms with Gasteiger partial charge in [0.05, 0.1) is 5.92 Å². The summed E-state index contributed by atoms with van der Waals surface area (Å²) in [5, 5.41) is 12.1. The zero-order chi connectivity index (χ0) is 25.1. The number of nitrogens with one attached hydrogen (secondary N) is 1. The van der Waals surface area contributed by atoms with E-state index in [1.54, 1.807) is 4.90 Å². The van der Waals surface area contributed by atoms with E-state index in [2.05, 4.69) is 29.6 Å². The number of aliphatic carboxylic acids is 1. The number of rotatable bonds is 7. The van der Waals surface area contributed by atoms with Gasteiger partial charge in [-0.05, 0) is 48.7 Å². The molecule has 2 aromatic carbocycles. The van der Waals surface area contributed by atoms with Gasteiger partial charge in [-0.2, -0.15) is 0 Å². The molecule has 1 fully saturated rings. The third-order valence-electron chi connectivity index (χ3n) is 7.02. The van der Waals surface area contributed by atoms with E-state index >= 15 is 0 Å². The first-order valence-corrected chi connectivity index (χ1v) is 12.0. The third-order valence-corrected chi connectivity index (χ3v) is 7.02. The summed E-state index contributed by atoms with van der Waals surface area (Å²) in [6.07, 6.45) is -0.234. The van der Waals surface area contributed by atoms with Crippen LogP contribution in [-0.4, -0.2) is 79.3 Å². The van der Waals surface area contributed by atoms with E-state index in [0.29, 0.717) is 26.1 Å². The lowest BCUT2D eigenvalue weighted by Crippen LogP contribution is -2.56. The maximum Gasteiger partial charge on any atom is 0.407 e. The summed E-state index contributed by atoms with van der Waals surface area (Å²) in [7, 11) is 3.66. The smallest absolute Gasteiger partial charge is 0.407 e. The van der Waals surface area contributed by atoms with Crippen LogP contribution in [0.2, 0.25) is 0 Å². The van der Waals surface area contributed by atoms with Gasteiger partial charge < -0.3 is 25.0 Å². The van der Waals surface area contributed by atoms with Crippen LogP contribution in [0.5, 0.6) is 0 Å². The van der Waals surface area contributed by atoms with Crippen LogP contribution in [0, 0.1) is 11.8 Å². The summed E-state index contributed by atoms with van der Waals surface area (Å²) in [4.78, 5) is 41.0.